The molecule has 0 aromatic carbocycles. The molecule has 12 heavy (non-hydrogen) atoms. The molecule has 2 unspecified atom stereocenters. The second-order valence-electron chi connectivity index (χ2n) is 2.87. The lowest BCUT2D eigenvalue weighted by Gasteiger charge is -2.12. The molecule has 1 heterocycles. The summed E-state index contributed by atoms with van der Waals surface area (Å²) in [6.07, 6.45) is 0.300. The summed E-state index contributed by atoms with van der Waals surface area (Å²) in [7, 11) is 1.72. The van der Waals surface area contributed by atoms with Gasteiger partial charge in [0.05, 0.1) is 0 Å². The van der Waals surface area contributed by atoms with E-state index in [0.29, 0.717) is 6.42 Å². The number of hydrogen-bond acceptors (Lipinski definition) is 3. The maximum atomic E-state index is 11.0. The summed E-state index contributed by atoms with van der Waals surface area (Å²) in [5.41, 5.74) is 0.950. The molecule has 0 aromatic rings. The van der Waals surface area contributed by atoms with Gasteiger partial charge in [0.25, 0.3) is 0 Å². The van der Waals surface area contributed by atoms with Crippen molar-refractivity contribution in [2.45, 2.75) is 19.5 Å². The minimum atomic E-state index is -0.179. The van der Waals surface area contributed by atoms with Gasteiger partial charge in [-0.1, -0.05) is 0 Å². The summed E-state index contributed by atoms with van der Waals surface area (Å²) in [4.78, 5) is 18.9. The molecule has 2 atom stereocenters. The molecule has 0 aromatic heterocycles. The molecule has 0 bridgehead atoms. The van der Waals surface area contributed by atoms with E-state index < -0.39 is 0 Å². The number of hydrogen-bond donors (Lipinski definition) is 1. The Kier molecular flexibility index (Phi) is 2.58. The average Bonchev–Trinajstić information content (AvgIpc) is 2.45. The van der Waals surface area contributed by atoms with Crippen LogP contribution in [0.25, 0.3) is 0 Å². The normalized spacial score (nSPS) is 30.2. The lowest BCUT2D eigenvalue weighted by atomic mass is 10.0. The molecule has 4 heteroatoms. The maximum absolute atomic E-state index is 11.0. The van der Waals surface area contributed by atoms with Crippen LogP contribution in [0.5, 0.6) is 0 Å². The molecule has 1 saturated heterocycles. The summed E-state index contributed by atoms with van der Waals surface area (Å²) in [6.45, 7) is 5.33. The first-order valence-electron chi connectivity index (χ1n) is 3.87. The number of nitrogens with one attached hydrogen (secondary N) is 1. The minimum absolute atomic E-state index is 0.0281. The van der Waals surface area contributed by atoms with Gasteiger partial charge in [0.1, 0.15) is 6.17 Å². The zero-order chi connectivity index (χ0) is 9.14. The second-order valence-corrected chi connectivity index (χ2v) is 2.87. The molecule has 1 rings (SSSR count). The van der Waals surface area contributed by atoms with Gasteiger partial charge in [-0.3, -0.25) is 14.8 Å². The van der Waals surface area contributed by atoms with Gasteiger partial charge in [-0.15, -0.1) is 0 Å². The molecule has 1 N–H and O–H groups in total. The van der Waals surface area contributed by atoms with Gasteiger partial charge < -0.3 is 5.32 Å². The van der Waals surface area contributed by atoms with Crippen LogP contribution in [0.4, 0.5) is 0 Å². The fourth-order valence-electron chi connectivity index (χ4n) is 1.35. The predicted octanol–water partition coefficient (Wildman–Crippen LogP) is 0.240. The maximum Gasteiger partial charge on any atom is 0.222 e. The molecule has 4 nitrogen and oxygen atoms in total. The Labute approximate surface area is 71.8 Å². The van der Waals surface area contributed by atoms with Gasteiger partial charge in [-0.2, -0.15) is 0 Å². The summed E-state index contributed by atoms with van der Waals surface area (Å²) >= 11 is 0. The van der Waals surface area contributed by atoms with Crippen LogP contribution in [0.2, 0.25) is 0 Å². The van der Waals surface area contributed by atoms with E-state index >= 15 is 0 Å². The van der Waals surface area contributed by atoms with Crippen LogP contribution < -0.4 is 5.32 Å². The Morgan fingerprint density at radius 1 is 1.75 bits per heavy atom. The lowest BCUT2D eigenvalue weighted by Crippen LogP contribution is -2.29. The fraction of sp³-hybridized carbons (Fsp3) is 0.625. The standard InChI is InChI=1S/C8H13N3O/c1-5(9-2)6-4-7(12)11-8(6)10-3/h6,8H,3-4H2,1-2H3,(H,11,12). The van der Waals surface area contributed by atoms with E-state index in [1.54, 1.807) is 7.05 Å². The highest BCUT2D eigenvalue weighted by Crippen LogP contribution is 2.18. The molecule has 1 aliphatic heterocycles. The van der Waals surface area contributed by atoms with Crippen molar-refractivity contribution in [1.29, 1.82) is 0 Å². The molecule has 0 saturated carbocycles. The third kappa shape index (κ3) is 1.52. The van der Waals surface area contributed by atoms with Crippen LogP contribution in [0.15, 0.2) is 9.98 Å². The van der Waals surface area contributed by atoms with Crippen LogP contribution in [-0.4, -0.2) is 31.5 Å². The topological polar surface area (TPSA) is 53.8 Å². The quantitative estimate of drug-likeness (QED) is 0.588. The molecule has 0 radical (unpaired) electrons. The summed E-state index contributed by atoms with van der Waals surface area (Å²) < 4.78 is 0. The first-order chi connectivity index (χ1) is 5.69. The van der Waals surface area contributed by atoms with E-state index in [2.05, 4.69) is 22.0 Å². The largest absolute Gasteiger partial charge is 0.334 e. The van der Waals surface area contributed by atoms with Crippen molar-refractivity contribution in [3.63, 3.8) is 0 Å². The van der Waals surface area contributed by atoms with Crippen molar-refractivity contribution in [3.05, 3.63) is 0 Å². The van der Waals surface area contributed by atoms with Crippen LogP contribution in [-0.2, 0) is 4.79 Å². The van der Waals surface area contributed by atoms with Crippen LogP contribution in [0.1, 0.15) is 13.3 Å². The van der Waals surface area contributed by atoms with E-state index in [1.807, 2.05) is 6.92 Å². The monoisotopic (exact) mass is 167 g/mol. The number of nitrogens with zero attached hydrogens (tertiary/aromatic N) is 2. The van der Waals surface area contributed by atoms with Gasteiger partial charge in [0, 0.05) is 25.1 Å². The molecular formula is C8H13N3O. The van der Waals surface area contributed by atoms with Crippen molar-refractivity contribution in [2.75, 3.05) is 7.05 Å². The highest BCUT2D eigenvalue weighted by molar-refractivity contribution is 5.92. The molecule has 66 valence electrons. The van der Waals surface area contributed by atoms with E-state index in [1.165, 1.54) is 0 Å². The summed E-state index contributed by atoms with van der Waals surface area (Å²) in [5.74, 6) is 0.125. The Balaban J connectivity index is 2.76. The number of rotatable bonds is 2. The van der Waals surface area contributed by atoms with Crippen molar-refractivity contribution >= 4 is 18.3 Å². The SMILES string of the molecule is C=NC1NC(=O)CC1C(C)=NC. The third-order valence-corrected chi connectivity index (χ3v) is 2.18. The van der Waals surface area contributed by atoms with Crippen molar-refractivity contribution in [3.8, 4) is 0 Å². The molecule has 0 aliphatic carbocycles. The Bertz CT molecular complexity index is 234. The first-order valence-corrected chi connectivity index (χ1v) is 3.87. The second kappa shape index (κ2) is 3.47. The van der Waals surface area contributed by atoms with E-state index in [0.717, 1.165) is 5.71 Å². The number of carbonyl (C=O) groups is 1. The Hall–Kier alpha value is -1.19. The number of aliphatic imine (C=N–C) groups is 2. The molecule has 1 aliphatic rings. The molecular weight excluding hydrogens is 154 g/mol. The fourth-order valence-corrected chi connectivity index (χ4v) is 1.35. The Morgan fingerprint density at radius 3 is 2.92 bits per heavy atom. The first kappa shape index (κ1) is 8.90. The van der Waals surface area contributed by atoms with Crippen LogP contribution in [0.3, 0.4) is 0 Å². The lowest BCUT2D eigenvalue weighted by molar-refractivity contribution is -0.119. The smallest absolute Gasteiger partial charge is 0.222 e. The van der Waals surface area contributed by atoms with E-state index in [9.17, 15) is 4.79 Å². The van der Waals surface area contributed by atoms with E-state index in [-0.39, 0.29) is 18.0 Å². The molecule has 0 spiro atoms. The zero-order valence-corrected chi connectivity index (χ0v) is 7.37. The van der Waals surface area contributed by atoms with Gasteiger partial charge >= 0.3 is 0 Å². The highest BCUT2D eigenvalue weighted by Gasteiger charge is 2.32. The highest BCUT2D eigenvalue weighted by atomic mass is 16.2. The summed E-state index contributed by atoms with van der Waals surface area (Å²) in [6, 6.07) is 0. The van der Waals surface area contributed by atoms with Gasteiger partial charge in [-0.25, -0.2) is 0 Å². The van der Waals surface area contributed by atoms with E-state index in [4.69, 9.17) is 0 Å². The summed E-state index contributed by atoms with van der Waals surface area (Å²) in [5, 5.41) is 2.72. The Morgan fingerprint density at radius 2 is 2.42 bits per heavy atom. The van der Waals surface area contributed by atoms with Gasteiger partial charge in [0.2, 0.25) is 5.91 Å². The van der Waals surface area contributed by atoms with Crippen LogP contribution in [0, 0.1) is 5.92 Å². The van der Waals surface area contributed by atoms with Crippen molar-refractivity contribution in [2.24, 2.45) is 15.9 Å². The predicted molar refractivity (Wildman–Crippen MR) is 48.6 cm³/mol. The van der Waals surface area contributed by atoms with Crippen molar-refractivity contribution < 1.29 is 4.79 Å². The van der Waals surface area contributed by atoms with Crippen LogP contribution >= 0.6 is 0 Å². The zero-order valence-electron chi connectivity index (χ0n) is 7.37. The number of carbonyl (C=O) groups excluding carboxylic acids is 1. The molecule has 1 fully saturated rings. The van der Waals surface area contributed by atoms with Gasteiger partial charge in [0.15, 0.2) is 0 Å². The number of amides is 1. The van der Waals surface area contributed by atoms with Crippen molar-refractivity contribution in [1.82, 2.24) is 5.32 Å². The average molecular weight is 167 g/mol. The van der Waals surface area contributed by atoms with Gasteiger partial charge in [-0.05, 0) is 13.6 Å². The minimum Gasteiger partial charge on any atom is -0.334 e. The molecule has 1 amide bonds. The third-order valence-electron chi connectivity index (χ3n) is 2.18.